The summed E-state index contributed by atoms with van der Waals surface area (Å²) in [5, 5.41) is 38.9. The maximum Gasteiger partial charge on any atom is 1.00 e. The Labute approximate surface area is 135 Å². The Morgan fingerprint density at radius 1 is 1.15 bits per heavy atom. The number of aliphatic carboxylic acids is 1. The van der Waals surface area contributed by atoms with Crippen LogP contribution in [0.3, 0.4) is 0 Å². The molecule has 0 aromatic heterocycles. The third-order valence-corrected chi connectivity index (χ3v) is 3.07. The zero-order valence-corrected chi connectivity index (χ0v) is 13.4. The van der Waals surface area contributed by atoms with Gasteiger partial charge in [-0.25, -0.2) is 4.57 Å². The Morgan fingerprint density at radius 2 is 1.65 bits per heavy atom. The molecule has 1 saturated heterocycles. The number of hydrogen-bond donors (Lipinski definition) is 5. The van der Waals surface area contributed by atoms with Crippen molar-refractivity contribution in [1.82, 2.24) is 0 Å². The quantitative estimate of drug-likeness (QED) is 0.241. The molecule has 20 heavy (non-hydrogen) atoms. The number of carbonyl (C=O) groups excluding carboxylic acids is 1. The summed E-state index contributed by atoms with van der Waals surface area (Å²) in [7, 11) is -4.81. The van der Waals surface area contributed by atoms with E-state index < -0.39 is 57.3 Å². The van der Waals surface area contributed by atoms with Gasteiger partial charge in [0.1, 0.15) is 24.4 Å². The van der Waals surface area contributed by atoms with Gasteiger partial charge in [0.2, 0.25) is 0 Å². The molecular weight excluding hydrogens is 310 g/mol. The molecule has 0 aromatic carbocycles. The number of phosphoric acid groups is 1. The monoisotopic (exact) mass is 324 g/mol. The van der Waals surface area contributed by atoms with Crippen LogP contribution in [-0.4, -0.2) is 68.2 Å². The van der Waals surface area contributed by atoms with E-state index in [4.69, 9.17) is 14.5 Å². The van der Waals surface area contributed by atoms with Gasteiger partial charge in [-0.3, -0.25) is 4.52 Å². The van der Waals surface area contributed by atoms with Gasteiger partial charge in [0.05, 0.1) is 12.7 Å². The molecule has 0 radical (unpaired) electrons. The predicted molar refractivity (Wildman–Crippen MR) is 54.3 cm³/mol. The van der Waals surface area contributed by atoms with Crippen molar-refractivity contribution < 1.29 is 78.4 Å². The molecule has 0 aliphatic carbocycles. The molecule has 1 heterocycles. The van der Waals surface area contributed by atoms with Gasteiger partial charge < -0.3 is 39.7 Å². The molecule has 0 aromatic rings. The van der Waals surface area contributed by atoms with Crippen molar-refractivity contribution >= 4 is 13.8 Å². The molecule has 1 fully saturated rings. The van der Waals surface area contributed by atoms with Crippen molar-refractivity contribution in [3.63, 3.8) is 0 Å². The van der Waals surface area contributed by atoms with Crippen molar-refractivity contribution in [2.75, 3.05) is 6.61 Å². The number of hydrogen-bond acceptors (Lipinski definition) is 8. The second-order valence-electron chi connectivity index (χ2n) is 4.05. The van der Waals surface area contributed by atoms with Gasteiger partial charge in [0.25, 0.3) is 0 Å². The Morgan fingerprint density at radius 3 is 2.10 bits per heavy atom. The second-order valence-corrected chi connectivity index (χ2v) is 5.29. The molecule has 0 amide bonds. The first-order chi connectivity index (χ1) is 8.61. The standard InChI is InChI=1S/C8H15O10P.Na/c9-5(10)1-3-6(11)8(13)7(12)4(18-3)2-17-19(14,15)16;/h3-4,6-8,11-13H,1-2H2,(H,9,10)(H2,14,15,16);/q;+1/p-1. The zero-order chi connectivity index (χ0) is 14.8. The summed E-state index contributed by atoms with van der Waals surface area (Å²) in [4.78, 5) is 27.4. The van der Waals surface area contributed by atoms with Gasteiger partial charge in [-0.1, -0.05) is 0 Å². The average Bonchev–Trinajstić information content (AvgIpc) is 2.26. The largest absolute Gasteiger partial charge is 1.00 e. The Kier molecular flexibility index (Phi) is 8.33. The van der Waals surface area contributed by atoms with E-state index in [1.54, 1.807) is 0 Å². The molecule has 5 N–H and O–H groups in total. The molecule has 12 heteroatoms. The van der Waals surface area contributed by atoms with Crippen LogP contribution < -0.4 is 34.7 Å². The molecule has 5 unspecified atom stereocenters. The maximum atomic E-state index is 10.5. The van der Waals surface area contributed by atoms with Crippen LogP contribution in [0.2, 0.25) is 0 Å². The van der Waals surface area contributed by atoms with Crippen LogP contribution in [0, 0.1) is 0 Å². The Balaban J connectivity index is 0.00000361. The van der Waals surface area contributed by atoms with Gasteiger partial charge in [0, 0.05) is 12.4 Å². The summed E-state index contributed by atoms with van der Waals surface area (Å²) in [5.74, 6) is -1.55. The van der Waals surface area contributed by atoms with E-state index in [1.807, 2.05) is 0 Å². The third-order valence-electron chi connectivity index (χ3n) is 2.59. The molecular formula is C8H14NaO10P. The van der Waals surface area contributed by atoms with Crippen LogP contribution in [0.4, 0.5) is 0 Å². The number of carboxylic acids is 1. The normalized spacial score (nSPS) is 34.4. The Hall–Kier alpha value is 0.420. The van der Waals surface area contributed by atoms with Crippen molar-refractivity contribution in [3.8, 4) is 0 Å². The molecule has 10 nitrogen and oxygen atoms in total. The third kappa shape index (κ3) is 6.04. The molecule has 1 aliphatic rings. The van der Waals surface area contributed by atoms with E-state index in [0.29, 0.717) is 0 Å². The molecule has 0 bridgehead atoms. The summed E-state index contributed by atoms with van der Waals surface area (Å²) in [6.45, 7) is -0.779. The number of carbonyl (C=O) groups is 1. The van der Waals surface area contributed by atoms with E-state index in [-0.39, 0.29) is 29.6 Å². The van der Waals surface area contributed by atoms with E-state index in [1.165, 1.54) is 0 Å². The predicted octanol–water partition coefficient (Wildman–Crippen LogP) is -6.91. The summed E-state index contributed by atoms with van der Waals surface area (Å²) in [6, 6.07) is 0. The van der Waals surface area contributed by atoms with Crippen LogP contribution in [0.5, 0.6) is 0 Å². The summed E-state index contributed by atoms with van der Waals surface area (Å²) < 4.78 is 19.5. The minimum Gasteiger partial charge on any atom is -0.550 e. The summed E-state index contributed by atoms with van der Waals surface area (Å²) in [5.41, 5.74) is 0. The minimum atomic E-state index is -4.81. The fraction of sp³-hybridized carbons (Fsp3) is 0.875. The van der Waals surface area contributed by atoms with Crippen LogP contribution in [0.15, 0.2) is 0 Å². The SMILES string of the molecule is O=C([O-])CC1OC(COP(=O)(O)O)C(O)C(O)C1O.[Na+]. The van der Waals surface area contributed by atoms with Gasteiger partial charge in [-0.15, -0.1) is 0 Å². The molecule has 1 aliphatic heterocycles. The van der Waals surface area contributed by atoms with Gasteiger partial charge >= 0.3 is 37.4 Å². The number of aliphatic hydroxyl groups excluding tert-OH is 3. The van der Waals surface area contributed by atoms with Crippen molar-refractivity contribution in [3.05, 3.63) is 0 Å². The smallest absolute Gasteiger partial charge is 0.550 e. The van der Waals surface area contributed by atoms with Crippen molar-refractivity contribution in [2.45, 2.75) is 36.9 Å². The minimum absolute atomic E-state index is 0. The average molecular weight is 324 g/mol. The van der Waals surface area contributed by atoms with Crippen molar-refractivity contribution in [2.24, 2.45) is 0 Å². The van der Waals surface area contributed by atoms with E-state index in [0.717, 1.165) is 0 Å². The molecule has 0 saturated carbocycles. The molecule has 112 valence electrons. The van der Waals surface area contributed by atoms with E-state index in [9.17, 15) is 29.8 Å². The summed E-state index contributed by atoms with van der Waals surface area (Å²) in [6.07, 6.45) is -8.61. The fourth-order valence-electron chi connectivity index (χ4n) is 1.67. The Bertz CT molecular complexity index is 372. The molecule has 1 rings (SSSR count). The maximum absolute atomic E-state index is 10.5. The first kappa shape index (κ1) is 20.4. The number of ether oxygens (including phenoxy) is 1. The number of carboxylic acid groups (broad SMARTS) is 1. The van der Waals surface area contributed by atoms with Gasteiger partial charge in [-0.05, 0) is 0 Å². The van der Waals surface area contributed by atoms with Crippen LogP contribution in [0.1, 0.15) is 6.42 Å². The first-order valence-corrected chi connectivity index (χ1v) is 6.74. The zero-order valence-electron chi connectivity index (χ0n) is 10.5. The van der Waals surface area contributed by atoms with Gasteiger partial charge in [-0.2, -0.15) is 0 Å². The first-order valence-electron chi connectivity index (χ1n) is 5.21. The number of aliphatic hydroxyl groups is 3. The van der Waals surface area contributed by atoms with Gasteiger partial charge in [0.15, 0.2) is 0 Å². The number of phosphoric ester groups is 1. The topological polar surface area (TPSA) is 177 Å². The fourth-order valence-corrected chi connectivity index (χ4v) is 2.01. The van der Waals surface area contributed by atoms with E-state index in [2.05, 4.69) is 4.52 Å². The molecule has 0 spiro atoms. The van der Waals surface area contributed by atoms with Crippen LogP contribution in [0.25, 0.3) is 0 Å². The molecule has 5 atom stereocenters. The van der Waals surface area contributed by atoms with Crippen LogP contribution in [-0.2, 0) is 18.6 Å². The van der Waals surface area contributed by atoms with Crippen LogP contribution >= 0.6 is 7.82 Å². The van der Waals surface area contributed by atoms with Crippen molar-refractivity contribution in [1.29, 1.82) is 0 Å². The van der Waals surface area contributed by atoms with E-state index >= 15 is 0 Å². The number of rotatable bonds is 5. The summed E-state index contributed by atoms with van der Waals surface area (Å²) >= 11 is 0. The second kappa shape index (κ2) is 8.16.